The normalized spacial score (nSPS) is 19.8. The Balaban J connectivity index is 2.11. The van der Waals surface area contributed by atoms with Crippen molar-refractivity contribution in [1.82, 2.24) is 9.88 Å². The van der Waals surface area contributed by atoms with Gasteiger partial charge in [0.2, 0.25) is 6.41 Å². The zero-order valence-electron chi connectivity index (χ0n) is 9.52. The van der Waals surface area contributed by atoms with Crippen molar-refractivity contribution >= 4 is 12.2 Å². The molecule has 1 fully saturated rings. The molecule has 1 aliphatic rings. The maximum Gasteiger partial charge on any atom is 0.210 e. The first-order valence-corrected chi connectivity index (χ1v) is 5.76. The van der Waals surface area contributed by atoms with Crippen LogP contribution in [-0.2, 0) is 4.79 Å². The van der Waals surface area contributed by atoms with Crippen LogP contribution in [0.4, 0.5) is 5.82 Å². The number of aromatic nitrogens is 1. The Morgan fingerprint density at radius 1 is 1.62 bits per heavy atom. The van der Waals surface area contributed by atoms with Crippen LogP contribution in [0.15, 0.2) is 18.3 Å². The largest absolute Gasteiger partial charge is 0.370 e. The van der Waals surface area contributed by atoms with E-state index in [1.807, 2.05) is 24.1 Å². The van der Waals surface area contributed by atoms with E-state index < -0.39 is 0 Å². The number of nitrogens with one attached hydrogen (secondary N) is 1. The summed E-state index contributed by atoms with van der Waals surface area (Å²) in [6.45, 7) is 3.78. The fourth-order valence-electron chi connectivity index (χ4n) is 2.16. The van der Waals surface area contributed by atoms with E-state index in [1.54, 1.807) is 0 Å². The molecule has 0 aliphatic carbocycles. The highest BCUT2D eigenvalue weighted by Crippen LogP contribution is 2.30. The van der Waals surface area contributed by atoms with Crippen molar-refractivity contribution in [1.29, 1.82) is 0 Å². The standard InChI is InChI=1S/C12H17N3O/c1-2-13-12-6-5-10(8-14-12)11-4-3-7-15(11)9-16/h5-6,8-9,11H,2-4,7H2,1H3,(H,13,14). The molecule has 1 N–H and O–H groups in total. The molecular weight excluding hydrogens is 202 g/mol. The van der Waals surface area contributed by atoms with E-state index in [9.17, 15) is 4.79 Å². The van der Waals surface area contributed by atoms with Crippen LogP contribution in [0.1, 0.15) is 31.4 Å². The average Bonchev–Trinajstić information content (AvgIpc) is 2.78. The molecule has 16 heavy (non-hydrogen) atoms. The van der Waals surface area contributed by atoms with Gasteiger partial charge < -0.3 is 10.2 Å². The van der Waals surface area contributed by atoms with Crippen LogP contribution in [0, 0.1) is 0 Å². The van der Waals surface area contributed by atoms with E-state index in [4.69, 9.17) is 0 Å². The SMILES string of the molecule is CCNc1ccc(C2CCCN2C=O)cn1. The third kappa shape index (κ3) is 2.15. The molecule has 4 heteroatoms. The third-order valence-corrected chi connectivity index (χ3v) is 2.96. The molecule has 2 heterocycles. The molecule has 1 aliphatic heterocycles. The Kier molecular flexibility index (Phi) is 3.39. The quantitative estimate of drug-likeness (QED) is 0.785. The van der Waals surface area contributed by atoms with Gasteiger partial charge in [-0.1, -0.05) is 6.07 Å². The average molecular weight is 219 g/mol. The van der Waals surface area contributed by atoms with Crippen LogP contribution in [0.25, 0.3) is 0 Å². The first-order valence-electron chi connectivity index (χ1n) is 5.76. The van der Waals surface area contributed by atoms with Gasteiger partial charge in [-0.3, -0.25) is 4.79 Å². The van der Waals surface area contributed by atoms with E-state index in [-0.39, 0.29) is 6.04 Å². The molecule has 0 aromatic carbocycles. The molecule has 2 rings (SSSR count). The fourth-order valence-corrected chi connectivity index (χ4v) is 2.16. The van der Waals surface area contributed by atoms with E-state index >= 15 is 0 Å². The predicted molar refractivity (Wildman–Crippen MR) is 63.1 cm³/mol. The van der Waals surface area contributed by atoms with Crippen molar-refractivity contribution in [3.05, 3.63) is 23.9 Å². The van der Waals surface area contributed by atoms with Crippen molar-refractivity contribution in [3.63, 3.8) is 0 Å². The van der Waals surface area contributed by atoms with Crippen LogP contribution >= 0.6 is 0 Å². The molecule has 1 unspecified atom stereocenters. The first-order chi connectivity index (χ1) is 7.85. The highest BCUT2D eigenvalue weighted by molar-refractivity contribution is 5.49. The topological polar surface area (TPSA) is 45.2 Å². The molecule has 4 nitrogen and oxygen atoms in total. The molecule has 0 saturated carbocycles. The minimum absolute atomic E-state index is 0.223. The number of amides is 1. The molecule has 1 aromatic rings. The zero-order valence-corrected chi connectivity index (χ0v) is 9.52. The maximum atomic E-state index is 10.9. The van der Waals surface area contributed by atoms with Gasteiger partial charge in [-0.25, -0.2) is 4.98 Å². The lowest BCUT2D eigenvalue weighted by atomic mass is 10.1. The minimum Gasteiger partial charge on any atom is -0.370 e. The van der Waals surface area contributed by atoms with Gasteiger partial charge in [0.05, 0.1) is 6.04 Å². The van der Waals surface area contributed by atoms with Crippen molar-refractivity contribution in [2.45, 2.75) is 25.8 Å². The van der Waals surface area contributed by atoms with E-state index in [2.05, 4.69) is 16.4 Å². The Morgan fingerprint density at radius 2 is 2.50 bits per heavy atom. The van der Waals surface area contributed by atoms with Crippen LogP contribution < -0.4 is 5.32 Å². The second-order valence-corrected chi connectivity index (χ2v) is 4.01. The Labute approximate surface area is 95.7 Å². The summed E-state index contributed by atoms with van der Waals surface area (Å²) in [6, 6.07) is 4.25. The van der Waals surface area contributed by atoms with Crippen LogP contribution in [-0.4, -0.2) is 29.4 Å². The first kappa shape index (κ1) is 10.9. The second-order valence-electron chi connectivity index (χ2n) is 4.01. The molecule has 1 amide bonds. The highest BCUT2D eigenvalue weighted by Gasteiger charge is 2.24. The summed E-state index contributed by atoms with van der Waals surface area (Å²) in [5.74, 6) is 0.891. The number of likely N-dealkylation sites (tertiary alicyclic amines) is 1. The van der Waals surface area contributed by atoms with Crippen molar-refractivity contribution in [2.24, 2.45) is 0 Å². The molecular formula is C12H17N3O. The monoisotopic (exact) mass is 219 g/mol. The summed E-state index contributed by atoms with van der Waals surface area (Å²) < 4.78 is 0. The van der Waals surface area contributed by atoms with Crippen molar-refractivity contribution in [3.8, 4) is 0 Å². The Hall–Kier alpha value is -1.58. The Bertz CT molecular complexity index is 350. The van der Waals surface area contributed by atoms with Gasteiger partial charge in [-0.2, -0.15) is 0 Å². The molecule has 1 atom stereocenters. The van der Waals surface area contributed by atoms with Gasteiger partial charge >= 0.3 is 0 Å². The Morgan fingerprint density at radius 3 is 3.12 bits per heavy atom. The fraction of sp³-hybridized carbons (Fsp3) is 0.500. The molecule has 0 spiro atoms. The number of pyridine rings is 1. The van der Waals surface area contributed by atoms with E-state index in [1.165, 1.54) is 0 Å². The minimum atomic E-state index is 0.223. The second kappa shape index (κ2) is 4.96. The number of nitrogens with zero attached hydrogens (tertiary/aromatic N) is 2. The summed E-state index contributed by atoms with van der Waals surface area (Å²) in [6.07, 6.45) is 4.93. The van der Waals surface area contributed by atoms with E-state index in [0.717, 1.165) is 43.7 Å². The summed E-state index contributed by atoms with van der Waals surface area (Å²) in [4.78, 5) is 17.0. The van der Waals surface area contributed by atoms with Crippen molar-refractivity contribution in [2.75, 3.05) is 18.4 Å². The summed E-state index contributed by atoms with van der Waals surface area (Å²) in [5, 5.41) is 3.16. The molecule has 0 radical (unpaired) electrons. The van der Waals surface area contributed by atoms with Gasteiger partial charge in [-0.05, 0) is 31.4 Å². The number of carbonyl (C=O) groups excluding carboxylic acids is 1. The molecule has 0 bridgehead atoms. The highest BCUT2D eigenvalue weighted by atomic mass is 16.1. The lowest BCUT2D eigenvalue weighted by molar-refractivity contribution is -0.118. The lowest BCUT2D eigenvalue weighted by Crippen LogP contribution is -2.21. The van der Waals surface area contributed by atoms with Gasteiger partial charge in [0, 0.05) is 19.3 Å². The van der Waals surface area contributed by atoms with Gasteiger partial charge in [-0.15, -0.1) is 0 Å². The molecule has 1 aromatic heterocycles. The molecule has 86 valence electrons. The number of rotatable bonds is 4. The number of hydrogen-bond donors (Lipinski definition) is 1. The van der Waals surface area contributed by atoms with Crippen LogP contribution in [0.5, 0.6) is 0 Å². The smallest absolute Gasteiger partial charge is 0.210 e. The van der Waals surface area contributed by atoms with E-state index in [0.29, 0.717) is 0 Å². The maximum absolute atomic E-state index is 10.9. The number of anilines is 1. The van der Waals surface area contributed by atoms with Crippen LogP contribution in [0.3, 0.4) is 0 Å². The van der Waals surface area contributed by atoms with Crippen LogP contribution in [0.2, 0.25) is 0 Å². The third-order valence-electron chi connectivity index (χ3n) is 2.96. The zero-order chi connectivity index (χ0) is 11.4. The van der Waals surface area contributed by atoms with Gasteiger partial charge in [0.25, 0.3) is 0 Å². The summed E-state index contributed by atoms with van der Waals surface area (Å²) in [7, 11) is 0. The predicted octanol–water partition coefficient (Wildman–Crippen LogP) is 1.81. The van der Waals surface area contributed by atoms with Crippen molar-refractivity contribution < 1.29 is 4.79 Å². The summed E-state index contributed by atoms with van der Waals surface area (Å²) in [5.41, 5.74) is 1.13. The molecule has 1 saturated heterocycles. The van der Waals surface area contributed by atoms with Gasteiger partial charge in [0.15, 0.2) is 0 Å². The number of carbonyl (C=O) groups is 1. The lowest BCUT2D eigenvalue weighted by Gasteiger charge is -2.20. The number of hydrogen-bond acceptors (Lipinski definition) is 3. The van der Waals surface area contributed by atoms with Gasteiger partial charge in [0.1, 0.15) is 5.82 Å². The summed E-state index contributed by atoms with van der Waals surface area (Å²) >= 11 is 0.